The molecule has 0 amide bonds. The minimum atomic E-state index is 0.876. The molecule has 0 atom stereocenters. The summed E-state index contributed by atoms with van der Waals surface area (Å²) in [5.74, 6) is 0. The fourth-order valence-corrected chi connectivity index (χ4v) is 1.73. The number of aryl methyl sites for hydroxylation is 2. The molecule has 2 rings (SSSR count). The van der Waals surface area contributed by atoms with Gasteiger partial charge >= 0.3 is 0 Å². The van der Waals surface area contributed by atoms with Gasteiger partial charge in [-0.25, -0.2) is 0 Å². The Morgan fingerprint density at radius 3 is 2.46 bits per heavy atom. The molecule has 0 aromatic heterocycles. The monoisotopic (exact) mass is 190 g/mol. The average molecular weight is 191 g/mol. The third-order valence-corrected chi connectivity index (χ3v) is 2.81. The molecule has 0 spiro atoms. The minimum absolute atomic E-state index is 0.876. The third-order valence-electron chi connectivity index (χ3n) is 2.30. The van der Waals surface area contributed by atoms with Gasteiger partial charge in [-0.05, 0) is 30.9 Å². The molecule has 0 saturated carbocycles. The third kappa shape index (κ3) is 1.42. The Balaban J connectivity index is 2.89. The van der Waals surface area contributed by atoms with Crippen molar-refractivity contribution < 1.29 is 0 Å². The molecule has 0 aliphatic carbocycles. The van der Waals surface area contributed by atoms with Crippen LogP contribution in [0.25, 0.3) is 10.8 Å². The first-order valence-corrected chi connectivity index (χ1v) is 4.72. The maximum atomic E-state index is 6.20. The smallest absolute Gasteiger partial charge is 0.0513 e. The van der Waals surface area contributed by atoms with Crippen LogP contribution in [0.2, 0.25) is 5.02 Å². The molecule has 0 N–H and O–H groups in total. The summed E-state index contributed by atoms with van der Waals surface area (Å²) in [5, 5.41) is 3.24. The number of fused-ring (bicyclic) bond motifs is 1. The largest absolute Gasteiger partial charge is 0.0834 e. The van der Waals surface area contributed by atoms with Crippen molar-refractivity contribution >= 4 is 22.4 Å². The predicted molar refractivity (Wildman–Crippen MR) is 58.4 cm³/mol. The Hall–Kier alpha value is -1.01. The van der Waals surface area contributed by atoms with Crippen LogP contribution in [0.15, 0.2) is 30.3 Å². The normalized spacial score (nSPS) is 10.7. The highest BCUT2D eigenvalue weighted by Gasteiger charge is 2.01. The molecule has 1 heteroatoms. The molecule has 66 valence electrons. The molecule has 0 aliphatic heterocycles. The van der Waals surface area contributed by atoms with Gasteiger partial charge in [0.1, 0.15) is 0 Å². The van der Waals surface area contributed by atoms with Crippen LogP contribution in [0.1, 0.15) is 11.1 Å². The molecule has 0 nitrogen and oxygen atoms in total. The number of benzene rings is 2. The summed E-state index contributed by atoms with van der Waals surface area (Å²) >= 11 is 6.20. The zero-order valence-electron chi connectivity index (χ0n) is 7.76. The van der Waals surface area contributed by atoms with Gasteiger partial charge in [0.05, 0.1) is 5.02 Å². The maximum Gasteiger partial charge on any atom is 0.0513 e. The van der Waals surface area contributed by atoms with Crippen LogP contribution >= 0.6 is 11.6 Å². The first-order chi connectivity index (χ1) is 6.18. The minimum Gasteiger partial charge on any atom is -0.0834 e. The van der Waals surface area contributed by atoms with E-state index in [1.807, 2.05) is 6.92 Å². The summed E-state index contributed by atoms with van der Waals surface area (Å²) in [6.07, 6.45) is 0. The molecular weight excluding hydrogens is 180 g/mol. The van der Waals surface area contributed by atoms with E-state index in [9.17, 15) is 0 Å². The Morgan fingerprint density at radius 2 is 1.69 bits per heavy atom. The van der Waals surface area contributed by atoms with Crippen molar-refractivity contribution in [3.05, 3.63) is 46.5 Å². The van der Waals surface area contributed by atoms with Crippen molar-refractivity contribution in [2.75, 3.05) is 0 Å². The van der Waals surface area contributed by atoms with Crippen molar-refractivity contribution in [1.29, 1.82) is 0 Å². The van der Waals surface area contributed by atoms with Crippen molar-refractivity contribution in [3.8, 4) is 0 Å². The Labute approximate surface area is 83.1 Å². The topological polar surface area (TPSA) is 0 Å². The van der Waals surface area contributed by atoms with Crippen LogP contribution in [0.5, 0.6) is 0 Å². The van der Waals surface area contributed by atoms with E-state index < -0.39 is 0 Å². The SMILES string of the molecule is Cc1ccc2ccc(C)c(Cl)c2c1. The van der Waals surface area contributed by atoms with Gasteiger partial charge in [0.15, 0.2) is 0 Å². The van der Waals surface area contributed by atoms with Gasteiger partial charge in [0, 0.05) is 5.39 Å². The lowest BCUT2D eigenvalue weighted by Gasteiger charge is -2.04. The first-order valence-electron chi connectivity index (χ1n) is 4.34. The van der Waals surface area contributed by atoms with Crippen LogP contribution in [0.4, 0.5) is 0 Å². The van der Waals surface area contributed by atoms with E-state index in [2.05, 4.69) is 37.3 Å². The van der Waals surface area contributed by atoms with Crippen LogP contribution in [0.3, 0.4) is 0 Å². The number of halogens is 1. The van der Waals surface area contributed by atoms with Crippen LogP contribution in [0, 0.1) is 13.8 Å². The lowest BCUT2D eigenvalue weighted by molar-refractivity contribution is 1.47. The van der Waals surface area contributed by atoms with E-state index in [-0.39, 0.29) is 0 Å². The molecule has 0 heterocycles. The molecule has 0 unspecified atom stereocenters. The van der Waals surface area contributed by atoms with E-state index >= 15 is 0 Å². The van der Waals surface area contributed by atoms with Crippen molar-refractivity contribution in [3.63, 3.8) is 0 Å². The molecular formula is C12H11Cl. The van der Waals surface area contributed by atoms with Crippen LogP contribution in [-0.2, 0) is 0 Å². The Kier molecular flexibility index (Phi) is 2.01. The highest BCUT2D eigenvalue weighted by molar-refractivity contribution is 6.36. The average Bonchev–Trinajstić information content (AvgIpc) is 2.12. The molecule has 0 radical (unpaired) electrons. The molecule has 0 aliphatic rings. The van der Waals surface area contributed by atoms with Gasteiger partial charge in [-0.1, -0.05) is 41.4 Å². The molecule has 2 aromatic carbocycles. The second-order valence-corrected chi connectivity index (χ2v) is 3.80. The lowest BCUT2D eigenvalue weighted by atomic mass is 10.1. The summed E-state index contributed by atoms with van der Waals surface area (Å²) in [6, 6.07) is 10.5. The Morgan fingerprint density at radius 1 is 1.00 bits per heavy atom. The van der Waals surface area contributed by atoms with Crippen molar-refractivity contribution in [2.45, 2.75) is 13.8 Å². The van der Waals surface area contributed by atoms with Gasteiger partial charge < -0.3 is 0 Å². The molecule has 0 bridgehead atoms. The van der Waals surface area contributed by atoms with Gasteiger partial charge in [0.25, 0.3) is 0 Å². The maximum absolute atomic E-state index is 6.20. The zero-order chi connectivity index (χ0) is 9.42. The Bertz CT molecular complexity index is 453. The summed E-state index contributed by atoms with van der Waals surface area (Å²) in [5.41, 5.74) is 2.39. The second-order valence-electron chi connectivity index (χ2n) is 3.42. The van der Waals surface area contributed by atoms with Crippen molar-refractivity contribution in [2.24, 2.45) is 0 Å². The molecule has 13 heavy (non-hydrogen) atoms. The van der Waals surface area contributed by atoms with E-state index in [4.69, 9.17) is 11.6 Å². The van der Waals surface area contributed by atoms with E-state index in [1.165, 1.54) is 10.9 Å². The number of hydrogen-bond donors (Lipinski definition) is 0. The summed E-state index contributed by atoms with van der Waals surface area (Å²) in [4.78, 5) is 0. The molecule has 0 saturated heterocycles. The van der Waals surface area contributed by atoms with E-state index in [0.717, 1.165) is 16.0 Å². The first kappa shape index (κ1) is 8.58. The highest BCUT2D eigenvalue weighted by atomic mass is 35.5. The van der Waals surface area contributed by atoms with Gasteiger partial charge in [0.2, 0.25) is 0 Å². The predicted octanol–water partition coefficient (Wildman–Crippen LogP) is 4.11. The number of rotatable bonds is 0. The van der Waals surface area contributed by atoms with Crippen LogP contribution in [-0.4, -0.2) is 0 Å². The molecule has 0 fully saturated rings. The highest BCUT2D eigenvalue weighted by Crippen LogP contribution is 2.27. The fraction of sp³-hybridized carbons (Fsp3) is 0.167. The quantitative estimate of drug-likeness (QED) is 0.587. The van der Waals surface area contributed by atoms with Gasteiger partial charge in [-0.3, -0.25) is 0 Å². The van der Waals surface area contributed by atoms with Crippen LogP contribution < -0.4 is 0 Å². The van der Waals surface area contributed by atoms with Gasteiger partial charge in [-0.15, -0.1) is 0 Å². The number of hydrogen-bond acceptors (Lipinski definition) is 0. The standard InChI is InChI=1S/C12H11Cl/c1-8-3-5-10-6-4-9(2)12(13)11(10)7-8/h3-7H,1-2H3. The lowest BCUT2D eigenvalue weighted by Crippen LogP contribution is -1.80. The van der Waals surface area contributed by atoms with E-state index in [0.29, 0.717) is 0 Å². The summed E-state index contributed by atoms with van der Waals surface area (Å²) < 4.78 is 0. The summed E-state index contributed by atoms with van der Waals surface area (Å²) in [7, 11) is 0. The van der Waals surface area contributed by atoms with Crippen molar-refractivity contribution in [1.82, 2.24) is 0 Å². The zero-order valence-corrected chi connectivity index (χ0v) is 8.52. The second kappa shape index (κ2) is 3.04. The van der Waals surface area contributed by atoms with Gasteiger partial charge in [-0.2, -0.15) is 0 Å². The summed E-state index contributed by atoms with van der Waals surface area (Å²) in [6.45, 7) is 4.11. The fourth-order valence-electron chi connectivity index (χ4n) is 1.51. The van der Waals surface area contributed by atoms with E-state index in [1.54, 1.807) is 0 Å². The molecule has 2 aromatic rings.